The van der Waals surface area contributed by atoms with Crippen LogP contribution in [0.15, 0.2) is 48.6 Å². The summed E-state index contributed by atoms with van der Waals surface area (Å²) in [5, 5.41) is 0.408. The standard InChI is InChI=1S/C12H8Br3ClN2O2S/c13-7-4-6(17)5-8(14)12(7)21(19,20)18-10-3-1-2-9(16)11(10)15/h1-5,18H,17H2. The molecular formula is C12H8Br3ClN2O2S. The van der Waals surface area contributed by atoms with Gasteiger partial charge >= 0.3 is 0 Å². The van der Waals surface area contributed by atoms with Gasteiger partial charge in [-0.1, -0.05) is 17.7 Å². The van der Waals surface area contributed by atoms with Crippen LogP contribution in [-0.4, -0.2) is 8.42 Å². The van der Waals surface area contributed by atoms with E-state index in [0.717, 1.165) is 0 Å². The van der Waals surface area contributed by atoms with Gasteiger partial charge in [0.05, 0.1) is 15.2 Å². The number of halogens is 4. The molecule has 0 heterocycles. The van der Waals surface area contributed by atoms with Gasteiger partial charge in [-0.2, -0.15) is 0 Å². The van der Waals surface area contributed by atoms with E-state index in [9.17, 15) is 8.42 Å². The summed E-state index contributed by atoms with van der Waals surface area (Å²) in [6.07, 6.45) is 0. The lowest BCUT2D eigenvalue weighted by Gasteiger charge is -2.13. The Hall–Kier alpha value is -0.280. The van der Waals surface area contributed by atoms with Crippen LogP contribution in [0.5, 0.6) is 0 Å². The molecule has 0 aliphatic carbocycles. The zero-order chi connectivity index (χ0) is 15.8. The number of rotatable bonds is 3. The van der Waals surface area contributed by atoms with Crippen LogP contribution in [0.3, 0.4) is 0 Å². The maximum atomic E-state index is 12.5. The first-order valence-corrected chi connectivity index (χ1v) is 9.68. The van der Waals surface area contributed by atoms with Crippen LogP contribution in [0.1, 0.15) is 0 Å². The summed E-state index contributed by atoms with van der Waals surface area (Å²) in [7, 11) is -3.82. The molecule has 9 heteroatoms. The van der Waals surface area contributed by atoms with E-state index in [1.54, 1.807) is 18.2 Å². The Kier molecular flexibility index (Phi) is 5.25. The summed E-state index contributed by atoms with van der Waals surface area (Å²) in [4.78, 5) is 0.0589. The quantitative estimate of drug-likeness (QED) is 0.561. The Morgan fingerprint density at radius 1 is 1.10 bits per heavy atom. The molecule has 3 N–H and O–H groups in total. The number of hydrogen-bond donors (Lipinski definition) is 2. The number of hydrogen-bond acceptors (Lipinski definition) is 3. The van der Waals surface area contributed by atoms with Gasteiger partial charge in [0.2, 0.25) is 0 Å². The summed E-state index contributed by atoms with van der Waals surface area (Å²) in [5.41, 5.74) is 6.45. The molecule has 0 saturated carbocycles. The molecule has 0 aliphatic rings. The van der Waals surface area contributed by atoms with Crippen molar-refractivity contribution in [3.8, 4) is 0 Å². The first kappa shape index (κ1) is 17.1. The number of benzene rings is 2. The first-order chi connectivity index (χ1) is 9.72. The van der Waals surface area contributed by atoms with Crippen molar-refractivity contribution in [2.45, 2.75) is 4.90 Å². The second-order valence-corrected chi connectivity index (χ2v) is 8.55. The third-order valence-electron chi connectivity index (χ3n) is 2.49. The molecule has 4 nitrogen and oxygen atoms in total. The van der Waals surface area contributed by atoms with Gasteiger partial charge in [-0.15, -0.1) is 0 Å². The monoisotopic (exact) mass is 516 g/mol. The molecular weight excluding hydrogens is 511 g/mol. The predicted octanol–water partition coefficient (Wildman–Crippen LogP) is 5.01. The van der Waals surface area contributed by atoms with Gasteiger partial charge in [0.25, 0.3) is 10.0 Å². The van der Waals surface area contributed by atoms with Gasteiger partial charge < -0.3 is 5.73 Å². The third kappa shape index (κ3) is 3.73. The lowest BCUT2D eigenvalue weighted by molar-refractivity contribution is 0.600. The van der Waals surface area contributed by atoms with Crippen LogP contribution >= 0.6 is 59.4 Å². The minimum Gasteiger partial charge on any atom is -0.399 e. The fraction of sp³-hybridized carbons (Fsp3) is 0. The molecule has 0 aliphatic heterocycles. The SMILES string of the molecule is Nc1cc(Br)c(S(=O)(=O)Nc2cccc(Cl)c2Br)c(Br)c1. The van der Waals surface area contributed by atoms with Gasteiger partial charge in [0.1, 0.15) is 4.90 Å². The third-order valence-corrected chi connectivity index (χ3v) is 7.12. The van der Waals surface area contributed by atoms with Crippen LogP contribution in [0.2, 0.25) is 5.02 Å². The van der Waals surface area contributed by atoms with E-state index in [1.807, 2.05) is 0 Å². The van der Waals surface area contributed by atoms with Gasteiger partial charge in [-0.25, -0.2) is 8.42 Å². The molecule has 2 aromatic carbocycles. The highest BCUT2D eigenvalue weighted by Crippen LogP contribution is 2.36. The van der Waals surface area contributed by atoms with Crippen molar-refractivity contribution in [3.05, 3.63) is 48.8 Å². The fourth-order valence-electron chi connectivity index (χ4n) is 1.61. The molecule has 21 heavy (non-hydrogen) atoms. The van der Waals surface area contributed by atoms with Crippen molar-refractivity contribution >= 4 is 80.8 Å². The second-order valence-electron chi connectivity index (χ2n) is 4.02. The molecule has 0 atom stereocenters. The van der Waals surface area contributed by atoms with Crippen LogP contribution in [0.4, 0.5) is 11.4 Å². The van der Waals surface area contributed by atoms with E-state index in [-0.39, 0.29) is 4.90 Å². The molecule has 0 spiro atoms. The normalized spacial score (nSPS) is 11.4. The van der Waals surface area contributed by atoms with Gasteiger partial charge in [-0.3, -0.25) is 4.72 Å². The highest BCUT2D eigenvalue weighted by molar-refractivity contribution is 9.11. The van der Waals surface area contributed by atoms with E-state index < -0.39 is 10.0 Å². The number of nitrogens with one attached hydrogen (secondary N) is 1. The van der Waals surface area contributed by atoms with Crippen LogP contribution in [0, 0.1) is 0 Å². The highest BCUT2D eigenvalue weighted by Gasteiger charge is 2.23. The van der Waals surface area contributed by atoms with Crippen molar-refractivity contribution in [1.29, 1.82) is 0 Å². The van der Waals surface area contributed by atoms with Crippen molar-refractivity contribution in [1.82, 2.24) is 0 Å². The molecule has 0 fully saturated rings. The maximum Gasteiger partial charge on any atom is 0.264 e. The molecule has 112 valence electrons. The largest absolute Gasteiger partial charge is 0.399 e. The van der Waals surface area contributed by atoms with Crippen LogP contribution in [0.25, 0.3) is 0 Å². The van der Waals surface area contributed by atoms with Crippen molar-refractivity contribution < 1.29 is 8.42 Å². The number of nitrogens with two attached hydrogens (primary N) is 1. The second kappa shape index (κ2) is 6.45. The summed E-state index contributed by atoms with van der Waals surface area (Å²) in [5.74, 6) is 0. The average molecular weight is 519 g/mol. The zero-order valence-electron chi connectivity index (χ0n) is 10.2. The molecule has 0 amide bonds. The Morgan fingerprint density at radius 3 is 2.24 bits per heavy atom. The summed E-state index contributed by atoms with van der Waals surface area (Å²) >= 11 is 15.6. The van der Waals surface area contributed by atoms with Gasteiger partial charge in [0, 0.05) is 14.6 Å². The Balaban J connectivity index is 2.51. The molecule has 2 rings (SSSR count). The van der Waals surface area contributed by atoms with Crippen LogP contribution < -0.4 is 10.5 Å². The summed E-state index contributed by atoms with van der Waals surface area (Å²) < 4.78 is 28.8. The highest BCUT2D eigenvalue weighted by atomic mass is 79.9. The van der Waals surface area contributed by atoms with Crippen molar-refractivity contribution in [3.63, 3.8) is 0 Å². The average Bonchev–Trinajstić information content (AvgIpc) is 2.33. The van der Waals surface area contributed by atoms with E-state index in [4.69, 9.17) is 17.3 Å². The molecule has 0 bridgehead atoms. The lowest BCUT2D eigenvalue weighted by Crippen LogP contribution is -2.15. The Morgan fingerprint density at radius 2 is 1.67 bits per heavy atom. The minimum absolute atomic E-state index is 0.0589. The summed E-state index contributed by atoms with van der Waals surface area (Å²) in [6.45, 7) is 0. The Labute approximate surface area is 152 Å². The van der Waals surface area contributed by atoms with Crippen LogP contribution in [-0.2, 0) is 10.0 Å². The molecule has 0 saturated heterocycles. The lowest BCUT2D eigenvalue weighted by atomic mass is 10.3. The van der Waals surface area contributed by atoms with E-state index >= 15 is 0 Å². The number of nitrogen functional groups attached to an aromatic ring is 1. The predicted molar refractivity (Wildman–Crippen MR) is 96.2 cm³/mol. The fourth-order valence-corrected chi connectivity index (χ4v) is 5.98. The van der Waals surface area contributed by atoms with E-state index in [0.29, 0.717) is 29.8 Å². The topological polar surface area (TPSA) is 72.2 Å². The molecule has 0 radical (unpaired) electrons. The van der Waals surface area contributed by atoms with Crippen molar-refractivity contribution in [2.24, 2.45) is 0 Å². The summed E-state index contributed by atoms with van der Waals surface area (Å²) in [6, 6.07) is 7.95. The van der Waals surface area contributed by atoms with E-state index in [2.05, 4.69) is 52.5 Å². The van der Waals surface area contributed by atoms with E-state index in [1.165, 1.54) is 12.1 Å². The van der Waals surface area contributed by atoms with Gasteiger partial charge in [-0.05, 0) is 72.1 Å². The van der Waals surface area contributed by atoms with Gasteiger partial charge in [0.15, 0.2) is 0 Å². The molecule has 0 unspecified atom stereocenters. The number of sulfonamides is 1. The number of anilines is 2. The van der Waals surface area contributed by atoms with Crippen molar-refractivity contribution in [2.75, 3.05) is 10.5 Å². The smallest absolute Gasteiger partial charge is 0.264 e. The Bertz CT molecular complexity index is 789. The minimum atomic E-state index is -3.82. The first-order valence-electron chi connectivity index (χ1n) is 5.43. The zero-order valence-corrected chi connectivity index (χ0v) is 16.5. The molecule has 0 aromatic heterocycles. The molecule has 2 aromatic rings. The maximum absolute atomic E-state index is 12.5.